The first-order valence-corrected chi connectivity index (χ1v) is 5.33. The molecule has 1 atom stereocenters. The van der Waals surface area contributed by atoms with Crippen molar-refractivity contribution in [1.29, 1.82) is 0 Å². The zero-order valence-electron chi connectivity index (χ0n) is 9.94. The van der Waals surface area contributed by atoms with E-state index in [0.717, 1.165) is 6.07 Å². The number of rotatable bonds is 3. The van der Waals surface area contributed by atoms with Gasteiger partial charge in [0.15, 0.2) is 0 Å². The van der Waals surface area contributed by atoms with Gasteiger partial charge in [-0.05, 0) is 26.0 Å². The first-order chi connectivity index (χ1) is 8.19. The Hall–Kier alpha value is -1.59. The topological polar surface area (TPSA) is 29.1 Å². The second-order valence-electron chi connectivity index (χ2n) is 4.18. The molecule has 18 heavy (non-hydrogen) atoms. The van der Waals surface area contributed by atoms with E-state index >= 15 is 0 Å². The molecule has 0 heterocycles. The Labute approximate surface area is 102 Å². The average Bonchev–Trinajstić information content (AvgIpc) is 2.18. The van der Waals surface area contributed by atoms with Gasteiger partial charge < -0.3 is 5.32 Å². The molecule has 1 rings (SSSR count). The van der Waals surface area contributed by atoms with Crippen molar-refractivity contribution >= 4 is 5.91 Å². The predicted octanol–water partition coefficient (Wildman–Crippen LogP) is 3.20. The molecule has 1 aromatic rings. The van der Waals surface area contributed by atoms with Crippen molar-refractivity contribution in [2.24, 2.45) is 0 Å². The number of nitrogens with one attached hydrogen (secondary N) is 1. The van der Waals surface area contributed by atoms with Gasteiger partial charge in [0.05, 0.1) is 12.0 Å². The molecule has 6 heteroatoms. The Morgan fingerprint density at radius 1 is 1.39 bits per heavy atom. The van der Waals surface area contributed by atoms with Gasteiger partial charge in [-0.3, -0.25) is 4.79 Å². The van der Waals surface area contributed by atoms with Gasteiger partial charge in [0.2, 0.25) is 0 Å². The van der Waals surface area contributed by atoms with Gasteiger partial charge in [-0.25, -0.2) is 4.39 Å². The van der Waals surface area contributed by atoms with Crippen LogP contribution in [0.1, 0.15) is 29.3 Å². The van der Waals surface area contributed by atoms with Crippen LogP contribution < -0.4 is 5.32 Å². The molecule has 0 saturated carbocycles. The second-order valence-corrected chi connectivity index (χ2v) is 4.18. The Bertz CT molecular complexity index is 442. The highest BCUT2D eigenvalue weighted by atomic mass is 19.4. The summed E-state index contributed by atoms with van der Waals surface area (Å²) in [6, 6.07) is 2.78. The zero-order chi connectivity index (χ0) is 13.9. The molecule has 0 radical (unpaired) electrons. The molecule has 0 spiro atoms. The van der Waals surface area contributed by atoms with Crippen LogP contribution >= 0.6 is 0 Å². The fraction of sp³-hybridized carbons (Fsp3) is 0.417. The zero-order valence-corrected chi connectivity index (χ0v) is 9.94. The summed E-state index contributed by atoms with van der Waals surface area (Å²) in [5.41, 5.74) is 0.411. The monoisotopic (exact) mass is 263 g/mol. The summed E-state index contributed by atoms with van der Waals surface area (Å²) >= 11 is 0. The van der Waals surface area contributed by atoms with Crippen LogP contribution in [-0.4, -0.2) is 18.1 Å². The van der Waals surface area contributed by atoms with E-state index in [1.54, 1.807) is 6.92 Å². The summed E-state index contributed by atoms with van der Waals surface area (Å²) in [6.07, 6.45) is -5.51. The molecule has 1 N–H and O–H groups in total. The maximum absolute atomic E-state index is 13.3. The van der Waals surface area contributed by atoms with E-state index in [4.69, 9.17) is 0 Å². The minimum atomic E-state index is -4.36. The molecule has 1 aromatic carbocycles. The van der Waals surface area contributed by atoms with Gasteiger partial charge in [0.1, 0.15) is 5.82 Å². The largest absolute Gasteiger partial charge is 0.391 e. The van der Waals surface area contributed by atoms with Crippen LogP contribution in [0.4, 0.5) is 17.6 Å². The maximum Gasteiger partial charge on any atom is 0.391 e. The highest BCUT2D eigenvalue weighted by Gasteiger charge is 2.30. The lowest BCUT2D eigenvalue weighted by Crippen LogP contribution is -2.36. The van der Waals surface area contributed by atoms with Gasteiger partial charge in [0.25, 0.3) is 5.91 Å². The van der Waals surface area contributed by atoms with Gasteiger partial charge in [-0.15, -0.1) is 0 Å². The number of halogens is 4. The number of alkyl halides is 3. The Kier molecular flexibility index (Phi) is 4.32. The summed E-state index contributed by atoms with van der Waals surface area (Å²) in [5.74, 6) is -1.59. The third-order valence-electron chi connectivity index (χ3n) is 2.28. The fourth-order valence-corrected chi connectivity index (χ4v) is 1.51. The first-order valence-electron chi connectivity index (χ1n) is 5.33. The molecular weight excluding hydrogens is 250 g/mol. The van der Waals surface area contributed by atoms with E-state index in [2.05, 4.69) is 5.32 Å². The van der Waals surface area contributed by atoms with E-state index in [-0.39, 0.29) is 5.56 Å². The number of carbonyl (C=O) groups is 1. The van der Waals surface area contributed by atoms with E-state index < -0.39 is 30.4 Å². The van der Waals surface area contributed by atoms with Crippen molar-refractivity contribution in [3.63, 3.8) is 0 Å². The molecule has 2 nitrogen and oxygen atoms in total. The molecule has 1 unspecified atom stereocenters. The van der Waals surface area contributed by atoms with Crippen LogP contribution in [0.3, 0.4) is 0 Å². The van der Waals surface area contributed by atoms with E-state index in [0.29, 0.717) is 5.56 Å². The smallest absolute Gasteiger partial charge is 0.349 e. The minimum Gasteiger partial charge on any atom is -0.349 e. The number of aryl methyl sites for hydroxylation is 1. The predicted molar refractivity (Wildman–Crippen MR) is 58.7 cm³/mol. The summed E-state index contributed by atoms with van der Waals surface area (Å²) in [5, 5.41) is 2.12. The molecule has 0 aliphatic rings. The number of hydrogen-bond acceptors (Lipinski definition) is 1. The summed E-state index contributed by atoms with van der Waals surface area (Å²) < 4.78 is 49.6. The number of hydrogen-bond donors (Lipinski definition) is 1. The Morgan fingerprint density at radius 3 is 2.56 bits per heavy atom. The normalized spacial score (nSPS) is 13.2. The van der Waals surface area contributed by atoms with Gasteiger partial charge in [-0.2, -0.15) is 13.2 Å². The maximum atomic E-state index is 13.3. The van der Waals surface area contributed by atoms with Crippen molar-refractivity contribution in [2.75, 3.05) is 0 Å². The molecule has 1 amide bonds. The molecule has 0 fully saturated rings. The third-order valence-corrected chi connectivity index (χ3v) is 2.28. The third kappa shape index (κ3) is 4.35. The molecular formula is C12H13F4NO. The Balaban J connectivity index is 2.74. The SMILES string of the molecule is Cc1ccc(F)c(C(=O)NC(C)CC(F)(F)F)c1. The van der Waals surface area contributed by atoms with Gasteiger partial charge >= 0.3 is 6.18 Å². The van der Waals surface area contributed by atoms with E-state index in [1.165, 1.54) is 19.1 Å². The van der Waals surface area contributed by atoms with Gasteiger partial charge in [0, 0.05) is 6.04 Å². The molecule has 0 aromatic heterocycles. The number of carbonyl (C=O) groups excluding carboxylic acids is 1. The van der Waals surface area contributed by atoms with E-state index in [9.17, 15) is 22.4 Å². The van der Waals surface area contributed by atoms with Crippen LogP contribution in [0.25, 0.3) is 0 Å². The number of benzene rings is 1. The average molecular weight is 263 g/mol. The lowest BCUT2D eigenvalue weighted by atomic mass is 10.1. The quantitative estimate of drug-likeness (QED) is 0.834. The molecule has 0 aliphatic heterocycles. The van der Waals surface area contributed by atoms with Crippen LogP contribution in [0.2, 0.25) is 0 Å². The van der Waals surface area contributed by atoms with E-state index in [1.807, 2.05) is 0 Å². The van der Waals surface area contributed by atoms with Crippen molar-refractivity contribution in [3.05, 3.63) is 35.1 Å². The van der Waals surface area contributed by atoms with Gasteiger partial charge in [-0.1, -0.05) is 11.6 Å². The molecule has 0 saturated heterocycles. The standard InChI is InChI=1S/C12H13F4NO/c1-7-3-4-10(13)9(5-7)11(18)17-8(2)6-12(14,15)16/h3-5,8H,6H2,1-2H3,(H,17,18). The van der Waals surface area contributed by atoms with Crippen molar-refractivity contribution < 1.29 is 22.4 Å². The molecule has 0 aliphatic carbocycles. The molecule has 0 bridgehead atoms. The number of amides is 1. The fourth-order valence-electron chi connectivity index (χ4n) is 1.51. The summed E-state index contributed by atoms with van der Waals surface area (Å²) in [7, 11) is 0. The van der Waals surface area contributed by atoms with Crippen LogP contribution in [0.5, 0.6) is 0 Å². The van der Waals surface area contributed by atoms with Crippen molar-refractivity contribution in [1.82, 2.24) is 5.32 Å². The lowest BCUT2D eigenvalue weighted by Gasteiger charge is -2.16. The van der Waals surface area contributed by atoms with Crippen LogP contribution in [0, 0.1) is 12.7 Å². The van der Waals surface area contributed by atoms with Crippen molar-refractivity contribution in [3.8, 4) is 0 Å². The molecule has 100 valence electrons. The highest BCUT2D eigenvalue weighted by Crippen LogP contribution is 2.21. The summed E-state index contributed by atoms with van der Waals surface area (Å²) in [6.45, 7) is 2.88. The van der Waals surface area contributed by atoms with Crippen molar-refractivity contribution in [2.45, 2.75) is 32.5 Å². The Morgan fingerprint density at radius 2 is 2.00 bits per heavy atom. The lowest BCUT2D eigenvalue weighted by molar-refractivity contribution is -0.138. The van der Waals surface area contributed by atoms with Crippen LogP contribution in [0.15, 0.2) is 18.2 Å². The summed E-state index contributed by atoms with van der Waals surface area (Å²) in [4.78, 5) is 11.6. The van der Waals surface area contributed by atoms with Crippen LogP contribution in [-0.2, 0) is 0 Å². The first kappa shape index (κ1) is 14.5. The minimum absolute atomic E-state index is 0.246. The highest BCUT2D eigenvalue weighted by molar-refractivity contribution is 5.94. The second kappa shape index (κ2) is 5.37.